The molecule has 18 heavy (non-hydrogen) atoms. The Kier molecular flexibility index (Phi) is 7.70. The van der Waals surface area contributed by atoms with E-state index in [0.29, 0.717) is 6.61 Å². The molecule has 0 amide bonds. The van der Waals surface area contributed by atoms with Gasteiger partial charge in [-0.1, -0.05) is 57.4 Å². The number of aryl methyl sites for hydroxylation is 1. The average Bonchev–Trinajstić information content (AvgIpc) is 2.42. The molecule has 0 heterocycles. The maximum absolute atomic E-state index is 9.96. The Balaban J connectivity index is 2.21. The van der Waals surface area contributed by atoms with E-state index in [9.17, 15) is 5.11 Å². The first-order valence-corrected chi connectivity index (χ1v) is 7.12. The van der Waals surface area contributed by atoms with Crippen molar-refractivity contribution in [2.24, 2.45) is 0 Å². The van der Waals surface area contributed by atoms with Gasteiger partial charge in [-0.05, 0) is 24.0 Å². The molecule has 1 aromatic rings. The number of ether oxygens (including phenoxy) is 1. The molecule has 1 atom stereocenters. The summed E-state index contributed by atoms with van der Waals surface area (Å²) in [5, 5.41) is 9.96. The minimum atomic E-state index is -0.498. The molecular formula is C16H26O2. The van der Waals surface area contributed by atoms with Crippen LogP contribution < -0.4 is 0 Å². The first-order valence-electron chi connectivity index (χ1n) is 7.12. The Morgan fingerprint density at radius 3 is 2.39 bits per heavy atom. The lowest BCUT2D eigenvalue weighted by molar-refractivity contribution is 0.0344. The smallest absolute Gasteiger partial charge is 0.102 e. The summed E-state index contributed by atoms with van der Waals surface area (Å²) in [7, 11) is 0. The zero-order chi connectivity index (χ0) is 13.2. The molecule has 1 aromatic carbocycles. The summed E-state index contributed by atoms with van der Waals surface area (Å²) in [6, 6.07) is 8.12. The van der Waals surface area contributed by atoms with E-state index in [2.05, 4.69) is 26.0 Å². The van der Waals surface area contributed by atoms with Crippen molar-refractivity contribution in [3.8, 4) is 0 Å². The summed E-state index contributed by atoms with van der Waals surface area (Å²) in [6.45, 7) is 5.48. The standard InChI is InChI=1S/C16H26O2/c1-3-5-6-7-12-18-13-16(17)15-10-8-14(4-2)9-11-15/h8-11,16-17H,3-7,12-13H2,1-2H3. The molecule has 0 radical (unpaired) electrons. The third-order valence-corrected chi connectivity index (χ3v) is 3.19. The molecule has 1 rings (SSSR count). The van der Waals surface area contributed by atoms with Gasteiger partial charge >= 0.3 is 0 Å². The van der Waals surface area contributed by atoms with Gasteiger partial charge in [0.25, 0.3) is 0 Å². The van der Waals surface area contributed by atoms with Crippen LogP contribution in [0.5, 0.6) is 0 Å². The van der Waals surface area contributed by atoms with Gasteiger partial charge in [-0.3, -0.25) is 0 Å². The molecule has 0 aliphatic heterocycles. The second-order valence-corrected chi connectivity index (χ2v) is 4.75. The van der Waals surface area contributed by atoms with Crippen LogP contribution in [0.3, 0.4) is 0 Å². The van der Waals surface area contributed by atoms with Crippen LogP contribution in [0.25, 0.3) is 0 Å². The van der Waals surface area contributed by atoms with Gasteiger partial charge in [0, 0.05) is 6.61 Å². The number of hydrogen-bond acceptors (Lipinski definition) is 2. The van der Waals surface area contributed by atoms with E-state index in [1.165, 1.54) is 24.8 Å². The first-order chi connectivity index (χ1) is 8.77. The van der Waals surface area contributed by atoms with E-state index >= 15 is 0 Å². The van der Waals surface area contributed by atoms with Crippen LogP contribution in [0.15, 0.2) is 24.3 Å². The van der Waals surface area contributed by atoms with Gasteiger partial charge in [0.2, 0.25) is 0 Å². The molecule has 1 unspecified atom stereocenters. The van der Waals surface area contributed by atoms with Crippen LogP contribution in [0, 0.1) is 0 Å². The van der Waals surface area contributed by atoms with Crippen molar-refractivity contribution in [2.75, 3.05) is 13.2 Å². The fraction of sp³-hybridized carbons (Fsp3) is 0.625. The van der Waals surface area contributed by atoms with Crippen molar-refractivity contribution in [3.05, 3.63) is 35.4 Å². The predicted octanol–water partition coefficient (Wildman–Crippen LogP) is 3.88. The molecule has 0 aliphatic rings. The Morgan fingerprint density at radius 1 is 1.06 bits per heavy atom. The molecular weight excluding hydrogens is 224 g/mol. The Labute approximate surface area is 111 Å². The molecule has 2 nitrogen and oxygen atoms in total. The summed E-state index contributed by atoms with van der Waals surface area (Å²) in [5.74, 6) is 0. The van der Waals surface area contributed by atoms with Crippen LogP contribution in [0.1, 0.15) is 56.8 Å². The summed E-state index contributed by atoms with van der Waals surface area (Å²) in [5.41, 5.74) is 2.24. The van der Waals surface area contributed by atoms with Crippen molar-refractivity contribution >= 4 is 0 Å². The van der Waals surface area contributed by atoms with E-state index in [1.54, 1.807) is 0 Å². The predicted molar refractivity (Wildman–Crippen MR) is 75.7 cm³/mol. The Hall–Kier alpha value is -0.860. The van der Waals surface area contributed by atoms with Gasteiger partial charge < -0.3 is 9.84 Å². The van der Waals surface area contributed by atoms with Gasteiger partial charge in [-0.2, -0.15) is 0 Å². The van der Waals surface area contributed by atoms with Gasteiger partial charge in [-0.25, -0.2) is 0 Å². The maximum atomic E-state index is 9.96. The summed E-state index contributed by atoms with van der Waals surface area (Å²) in [4.78, 5) is 0. The van der Waals surface area contributed by atoms with Crippen LogP contribution in [-0.4, -0.2) is 18.3 Å². The SMILES string of the molecule is CCCCCCOCC(O)c1ccc(CC)cc1. The minimum Gasteiger partial charge on any atom is -0.386 e. The fourth-order valence-electron chi connectivity index (χ4n) is 1.90. The van der Waals surface area contributed by atoms with Crippen LogP contribution in [0.4, 0.5) is 0 Å². The van der Waals surface area contributed by atoms with Crippen molar-refractivity contribution in [3.63, 3.8) is 0 Å². The average molecular weight is 250 g/mol. The molecule has 0 aromatic heterocycles. The summed E-state index contributed by atoms with van der Waals surface area (Å²) >= 11 is 0. The van der Waals surface area contributed by atoms with Gasteiger partial charge in [0.1, 0.15) is 6.10 Å². The largest absolute Gasteiger partial charge is 0.386 e. The zero-order valence-corrected chi connectivity index (χ0v) is 11.7. The number of hydrogen-bond donors (Lipinski definition) is 1. The molecule has 0 aliphatic carbocycles. The number of unbranched alkanes of at least 4 members (excludes halogenated alkanes) is 3. The topological polar surface area (TPSA) is 29.5 Å². The highest BCUT2D eigenvalue weighted by molar-refractivity contribution is 5.24. The summed E-state index contributed by atoms with van der Waals surface area (Å²) in [6.07, 6.45) is 5.36. The normalized spacial score (nSPS) is 12.6. The molecule has 2 heteroatoms. The lowest BCUT2D eigenvalue weighted by Gasteiger charge is -2.12. The highest BCUT2D eigenvalue weighted by Crippen LogP contribution is 2.14. The number of aliphatic hydroxyl groups is 1. The quantitative estimate of drug-likeness (QED) is 0.674. The third kappa shape index (κ3) is 5.65. The third-order valence-electron chi connectivity index (χ3n) is 3.19. The molecule has 0 fully saturated rings. The van der Waals surface area contributed by atoms with Crippen molar-refractivity contribution in [1.82, 2.24) is 0 Å². The number of aliphatic hydroxyl groups excluding tert-OH is 1. The maximum Gasteiger partial charge on any atom is 0.102 e. The number of rotatable bonds is 9. The fourth-order valence-corrected chi connectivity index (χ4v) is 1.90. The molecule has 0 bridgehead atoms. The highest BCUT2D eigenvalue weighted by atomic mass is 16.5. The lowest BCUT2D eigenvalue weighted by Crippen LogP contribution is -2.08. The van der Waals surface area contributed by atoms with E-state index in [4.69, 9.17) is 4.74 Å². The van der Waals surface area contributed by atoms with Crippen molar-refractivity contribution < 1.29 is 9.84 Å². The Bertz CT molecular complexity index is 305. The minimum absolute atomic E-state index is 0.400. The van der Waals surface area contributed by atoms with E-state index in [-0.39, 0.29) is 0 Å². The highest BCUT2D eigenvalue weighted by Gasteiger charge is 2.07. The van der Waals surface area contributed by atoms with Crippen molar-refractivity contribution in [1.29, 1.82) is 0 Å². The van der Waals surface area contributed by atoms with Crippen LogP contribution in [-0.2, 0) is 11.2 Å². The molecule has 0 saturated heterocycles. The zero-order valence-electron chi connectivity index (χ0n) is 11.7. The van der Waals surface area contributed by atoms with E-state index < -0.39 is 6.10 Å². The lowest BCUT2D eigenvalue weighted by atomic mass is 10.1. The first kappa shape index (κ1) is 15.2. The second kappa shape index (κ2) is 9.12. The Morgan fingerprint density at radius 2 is 1.78 bits per heavy atom. The summed E-state index contributed by atoms with van der Waals surface area (Å²) < 4.78 is 5.50. The second-order valence-electron chi connectivity index (χ2n) is 4.75. The molecule has 0 spiro atoms. The molecule has 102 valence electrons. The van der Waals surface area contributed by atoms with Crippen LogP contribution in [0.2, 0.25) is 0 Å². The van der Waals surface area contributed by atoms with Gasteiger partial charge in [0.05, 0.1) is 6.61 Å². The van der Waals surface area contributed by atoms with Crippen LogP contribution >= 0.6 is 0 Å². The molecule has 0 saturated carbocycles. The number of benzene rings is 1. The van der Waals surface area contributed by atoms with E-state index in [0.717, 1.165) is 25.0 Å². The van der Waals surface area contributed by atoms with E-state index in [1.807, 2.05) is 12.1 Å². The van der Waals surface area contributed by atoms with Gasteiger partial charge in [-0.15, -0.1) is 0 Å². The monoisotopic (exact) mass is 250 g/mol. The molecule has 1 N–H and O–H groups in total. The van der Waals surface area contributed by atoms with Crippen molar-refractivity contribution in [2.45, 2.75) is 52.1 Å². The van der Waals surface area contributed by atoms with Gasteiger partial charge in [0.15, 0.2) is 0 Å².